The molecule has 0 aliphatic heterocycles. The van der Waals surface area contributed by atoms with Crippen LogP contribution in [0.15, 0.2) is 6.20 Å². The largest absolute Gasteiger partial charge is 0.271 e. The summed E-state index contributed by atoms with van der Waals surface area (Å²) in [5.74, 6) is 6.23. The van der Waals surface area contributed by atoms with Crippen LogP contribution in [-0.4, -0.2) is 4.98 Å². The smallest absolute Gasteiger partial charge is 0.0897 e. The SMILES string of the molecule is Cc1ncc(C(NN)C2CC2)s1. The summed E-state index contributed by atoms with van der Waals surface area (Å²) in [5, 5.41) is 1.12. The van der Waals surface area contributed by atoms with Crippen molar-refractivity contribution in [2.75, 3.05) is 0 Å². The molecule has 0 radical (unpaired) electrons. The van der Waals surface area contributed by atoms with Gasteiger partial charge in [-0.3, -0.25) is 11.3 Å². The maximum absolute atomic E-state index is 5.48. The lowest BCUT2D eigenvalue weighted by Gasteiger charge is -2.11. The van der Waals surface area contributed by atoms with E-state index in [1.807, 2.05) is 13.1 Å². The number of nitrogens with zero attached hydrogens (tertiary/aromatic N) is 1. The average Bonchev–Trinajstić information content (AvgIpc) is 2.78. The fourth-order valence-corrected chi connectivity index (χ4v) is 2.34. The highest BCUT2D eigenvalue weighted by atomic mass is 32.1. The summed E-state index contributed by atoms with van der Waals surface area (Å²) in [6, 6.07) is 0.344. The zero-order valence-corrected chi connectivity index (χ0v) is 7.90. The van der Waals surface area contributed by atoms with E-state index >= 15 is 0 Å². The van der Waals surface area contributed by atoms with E-state index in [4.69, 9.17) is 5.84 Å². The van der Waals surface area contributed by atoms with Crippen molar-refractivity contribution in [3.63, 3.8) is 0 Å². The molecule has 12 heavy (non-hydrogen) atoms. The molecule has 4 heteroatoms. The number of hydrazine groups is 1. The first-order valence-corrected chi connectivity index (χ1v) is 5.01. The Morgan fingerprint density at radius 3 is 2.92 bits per heavy atom. The lowest BCUT2D eigenvalue weighted by atomic mass is 10.2. The van der Waals surface area contributed by atoms with E-state index in [0.717, 1.165) is 10.9 Å². The number of nitrogens with one attached hydrogen (secondary N) is 1. The van der Waals surface area contributed by atoms with Crippen molar-refractivity contribution in [1.82, 2.24) is 10.4 Å². The van der Waals surface area contributed by atoms with Crippen LogP contribution in [-0.2, 0) is 0 Å². The quantitative estimate of drug-likeness (QED) is 0.549. The molecule has 0 saturated heterocycles. The van der Waals surface area contributed by atoms with Crippen LogP contribution in [0.2, 0.25) is 0 Å². The van der Waals surface area contributed by atoms with Gasteiger partial charge in [-0.1, -0.05) is 0 Å². The molecule has 1 aliphatic rings. The summed E-state index contributed by atoms with van der Waals surface area (Å²) in [7, 11) is 0. The lowest BCUT2D eigenvalue weighted by Crippen LogP contribution is -2.28. The molecule has 66 valence electrons. The van der Waals surface area contributed by atoms with Gasteiger partial charge < -0.3 is 0 Å². The summed E-state index contributed by atoms with van der Waals surface area (Å²) in [5.41, 5.74) is 2.86. The van der Waals surface area contributed by atoms with Gasteiger partial charge >= 0.3 is 0 Å². The zero-order valence-electron chi connectivity index (χ0n) is 7.08. The topological polar surface area (TPSA) is 50.9 Å². The molecule has 1 aliphatic carbocycles. The van der Waals surface area contributed by atoms with Gasteiger partial charge in [-0.25, -0.2) is 4.98 Å². The van der Waals surface area contributed by atoms with Crippen molar-refractivity contribution in [2.24, 2.45) is 11.8 Å². The van der Waals surface area contributed by atoms with E-state index in [0.29, 0.717) is 6.04 Å². The number of thiazole rings is 1. The third-order valence-electron chi connectivity index (χ3n) is 2.22. The van der Waals surface area contributed by atoms with E-state index in [1.165, 1.54) is 17.7 Å². The van der Waals surface area contributed by atoms with Crippen molar-refractivity contribution < 1.29 is 0 Å². The highest BCUT2D eigenvalue weighted by Gasteiger charge is 2.32. The van der Waals surface area contributed by atoms with Gasteiger partial charge in [0.1, 0.15) is 0 Å². The van der Waals surface area contributed by atoms with E-state index < -0.39 is 0 Å². The average molecular weight is 183 g/mol. The second kappa shape index (κ2) is 3.12. The van der Waals surface area contributed by atoms with E-state index in [2.05, 4.69) is 10.4 Å². The van der Waals surface area contributed by atoms with E-state index in [1.54, 1.807) is 11.3 Å². The highest BCUT2D eigenvalue weighted by Crippen LogP contribution is 2.41. The standard InChI is InChI=1S/C8H13N3S/c1-5-10-4-7(12-5)8(11-9)6-2-3-6/h4,6,8,11H,2-3,9H2,1H3. The van der Waals surface area contributed by atoms with Gasteiger partial charge in [0, 0.05) is 11.1 Å². The summed E-state index contributed by atoms with van der Waals surface area (Å²) in [6.45, 7) is 2.02. The summed E-state index contributed by atoms with van der Waals surface area (Å²) < 4.78 is 0. The first-order valence-electron chi connectivity index (χ1n) is 4.19. The Hall–Kier alpha value is -0.450. The molecule has 1 aromatic rings. The normalized spacial score (nSPS) is 19.5. The minimum Gasteiger partial charge on any atom is -0.271 e. The minimum absolute atomic E-state index is 0.344. The molecule has 0 spiro atoms. The zero-order chi connectivity index (χ0) is 8.55. The number of hydrogen-bond donors (Lipinski definition) is 2. The van der Waals surface area contributed by atoms with Crippen LogP contribution in [0.3, 0.4) is 0 Å². The molecule has 1 heterocycles. The van der Waals surface area contributed by atoms with Crippen molar-refractivity contribution in [2.45, 2.75) is 25.8 Å². The van der Waals surface area contributed by atoms with Crippen LogP contribution in [0.25, 0.3) is 0 Å². The molecule has 1 atom stereocenters. The van der Waals surface area contributed by atoms with Crippen molar-refractivity contribution >= 4 is 11.3 Å². The Morgan fingerprint density at radius 2 is 2.50 bits per heavy atom. The molecule has 2 rings (SSSR count). The van der Waals surface area contributed by atoms with Crippen molar-refractivity contribution in [3.8, 4) is 0 Å². The lowest BCUT2D eigenvalue weighted by molar-refractivity contribution is 0.504. The Balaban J connectivity index is 2.15. The first kappa shape index (κ1) is 8.16. The first-order chi connectivity index (χ1) is 5.81. The fourth-order valence-electron chi connectivity index (χ4n) is 1.40. The predicted molar refractivity (Wildman–Crippen MR) is 49.6 cm³/mol. The minimum atomic E-state index is 0.344. The number of hydrogen-bond acceptors (Lipinski definition) is 4. The third-order valence-corrected chi connectivity index (χ3v) is 3.21. The highest BCUT2D eigenvalue weighted by molar-refractivity contribution is 7.11. The van der Waals surface area contributed by atoms with Crippen LogP contribution < -0.4 is 11.3 Å². The molecule has 3 N–H and O–H groups in total. The van der Waals surface area contributed by atoms with Gasteiger partial charge in [-0.05, 0) is 25.7 Å². The van der Waals surface area contributed by atoms with Crippen molar-refractivity contribution in [3.05, 3.63) is 16.1 Å². The Kier molecular flexibility index (Phi) is 2.12. The molecule has 1 unspecified atom stereocenters. The molecule has 0 aromatic carbocycles. The molecule has 0 amide bonds. The molecule has 0 bridgehead atoms. The van der Waals surface area contributed by atoms with Crippen LogP contribution in [0.1, 0.15) is 28.8 Å². The second-order valence-corrected chi connectivity index (χ2v) is 4.53. The second-order valence-electron chi connectivity index (χ2n) is 3.26. The van der Waals surface area contributed by atoms with Gasteiger partial charge in [0.15, 0.2) is 0 Å². The van der Waals surface area contributed by atoms with Crippen LogP contribution in [0.4, 0.5) is 0 Å². The monoisotopic (exact) mass is 183 g/mol. The number of nitrogens with two attached hydrogens (primary N) is 1. The van der Waals surface area contributed by atoms with E-state index in [-0.39, 0.29) is 0 Å². The van der Waals surface area contributed by atoms with Gasteiger partial charge in [-0.2, -0.15) is 0 Å². The van der Waals surface area contributed by atoms with Gasteiger partial charge in [0.25, 0.3) is 0 Å². The Morgan fingerprint density at radius 1 is 1.75 bits per heavy atom. The van der Waals surface area contributed by atoms with Crippen LogP contribution in [0, 0.1) is 12.8 Å². The molecular weight excluding hydrogens is 170 g/mol. The van der Waals surface area contributed by atoms with Crippen LogP contribution >= 0.6 is 11.3 Å². The molecule has 1 aromatic heterocycles. The van der Waals surface area contributed by atoms with Gasteiger partial charge in [0.2, 0.25) is 0 Å². The number of rotatable bonds is 3. The maximum atomic E-state index is 5.48. The maximum Gasteiger partial charge on any atom is 0.0897 e. The fraction of sp³-hybridized carbons (Fsp3) is 0.625. The van der Waals surface area contributed by atoms with Crippen LogP contribution in [0.5, 0.6) is 0 Å². The summed E-state index contributed by atoms with van der Waals surface area (Å²) >= 11 is 1.74. The number of aryl methyl sites for hydroxylation is 1. The Bertz CT molecular complexity index is 267. The van der Waals surface area contributed by atoms with Crippen molar-refractivity contribution in [1.29, 1.82) is 0 Å². The third kappa shape index (κ3) is 1.50. The predicted octanol–water partition coefficient (Wildman–Crippen LogP) is 1.37. The molecule has 1 saturated carbocycles. The molecular formula is C8H13N3S. The molecule has 1 fully saturated rings. The van der Waals surface area contributed by atoms with E-state index in [9.17, 15) is 0 Å². The Labute approximate surface area is 76.0 Å². The number of aromatic nitrogens is 1. The van der Waals surface area contributed by atoms with Gasteiger partial charge in [0.05, 0.1) is 11.0 Å². The summed E-state index contributed by atoms with van der Waals surface area (Å²) in [6.07, 6.45) is 4.53. The summed E-state index contributed by atoms with van der Waals surface area (Å²) in [4.78, 5) is 5.49. The molecule has 3 nitrogen and oxygen atoms in total. The van der Waals surface area contributed by atoms with Gasteiger partial charge in [-0.15, -0.1) is 11.3 Å².